The number of carbonyl (C=O) groups excluding carboxylic acids is 1. The number of ether oxygens (including phenoxy) is 1. The monoisotopic (exact) mass is 491 g/mol. The normalized spacial score (nSPS) is 11.2. The maximum atomic E-state index is 14.5. The first kappa shape index (κ1) is 23.1. The van der Waals surface area contributed by atoms with Crippen LogP contribution in [-0.2, 0) is 6.18 Å². The van der Waals surface area contributed by atoms with Gasteiger partial charge in [0, 0.05) is 24.0 Å². The standard InChI is InChI=1S/C22H14ClF4N5O2/c23-16-3-1-12(7-15(16)22(25,26)27)31-21(33)32-18-4-2-13(8-17(18)24)34-14-5-6-29-19(9-14)20-10-28-11-30-20/h1-11H,(H,28,30)(H2,31,32,33). The minimum atomic E-state index is -4.69. The predicted octanol–water partition coefficient (Wildman–Crippen LogP) is 6.72. The molecular formula is C22H14ClF4N5O2. The van der Waals surface area contributed by atoms with Crippen molar-refractivity contribution in [3.63, 3.8) is 0 Å². The first-order valence-electron chi connectivity index (χ1n) is 9.56. The number of amides is 2. The van der Waals surface area contributed by atoms with Crippen LogP contribution in [0.3, 0.4) is 0 Å². The summed E-state index contributed by atoms with van der Waals surface area (Å²) in [6, 6.07) is 8.87. The van der Waals surface area contributed by atoms with Gasteiger partial charge in [-0.1, -0.05) is 11.6 Å². The van der Waals surface area contributed by atoms with E-state index >= 15 is 0 Å². The average molecular weight is 492 g/mol. The van der Waals surface area contributed by atoms with Crippen molar-refractivity contribution in [2.45, 2.75) is 6.18 Å². The molecule has 2 aromatic heterocycles. The Morgan fingerprint density at radius 3 is 2.53 bits per heavy atom. The Balaban J connectivity index is 1.43. The smallest absolute Gasteiger partial charge is 0.417 e. The number of anilines is 2. The van der Waals surface area contributed by atoms with Crippen LogP contribution < -0.4 is 15.4 Å². The lowest BCUT2D eigenvalue weighted by Gasteiger charge is -2.13. The number of rotatable bonds is 5. The van der Waals surface area contributed by atoms with E-state index in [2.05, 4.69) is 25.6 Å². The lowest BCUT2D eigenvalue weighted by Crippen LogP contribution is -2.20. The van der Waals surface area contributed by atoms with E-state index in [4.69, 9.17) is 16.3 Å². The number of aromatic amines is 1. The largest absolute Gasteiger partial charge is 0.457 e. The van der Waals surface area contributed by atoms with E-state index in [1.807, 2.05) is 0 Å². The van der Waals surface area contributed by atoms with Gasteiger partial charge in [0.25, 0.3) is 0 Å². The minimum absolute atomic E-state index is 0.151. The zero-order valence-corrected chi connectivity index (χ0v) is 17.7. The summed E-state index contributed by atoms with van der Waals surface area (Å²) in [5.41, 5.74) is -0.235. The van der Waals surface area contributed by atoms with Crippen molar-refractivity contribution in [3.8, 4) is 22.9 Å². The van der Waals surface area contributed by atoms with E-state index in [1.54, 1.807) is 18.3 Å². The van der Waals surface area contributed by atoms with Gasteiger partial charge in [0.05, 0.1) is 40.2 Å². The first-order valence-corrected chi connectivity index (χ1v) is 9.94. The van der Waals surface area contributed by atoms with Gasteiger partial charge in [-0.05, 0) is 36.4 Å². The summed E-state index contributed by atoms with van der Waals surface area (Å²) in [6.07, 6.45) is -0.0839. The van der Waals surface area contributed by atoms with Gasteiger partial charge in [-0.15, -0.1) is 0 Å². The highest BCUT2D eigenvalue weighted by Crippen LogP contribution is 2.36. The number of benzene rings is 2. The van der Waals surface area contributed by atoms with Crippen molar-refractivity contribution in [3.05, 3.63) is 83.7 Å². The van der Waals surface area contributed by atoms with Gasteiger partial charge in [-0.2, -0.15) is 13.2 Å². The number of imidazole rings is 1. The minimum Gasteiger partial charge on any atom is -0.457 e. The zero-order valence-electron chi connectivity index (χ0n) is 17.0. The number of hydrogen-bond donors (Lipinski definition) is 3. The Bertz CT molecular complexity index is 1330. The summed E-state index contributed by atoms with van der Waals surface area (Å²) in [7, 11) is 0. The van der Waals surface area contributed by atoms with Crippen molar-refractivity contribution in [2.75, 3.05) is 10.6 Å². The fourth-order valence-corrected chi connectivity index (χ4v) is 3.14. The molecule has 7 nitrogen and oxygen atoms in total. The lowest BCUT2D eigenvalue weighted by molar-refractivity contribution is -0.137. The third kappa shape index (κ3) is 5.44. The molecule has 2 aromatic carbocycles. The van der Waals surface area contributed by atoms with E-state index in [1.165, 1.54) is 30.7 Å². The molecule has 0 fully saturated rings. The van der Waals surface area contributed by atoms with Crippen molar-refractivity contribution >= 4 is 29.0 Å². The molecule has 4 aromatic rings. The number of H-pyrrole nitrogens is 1. The van der Waals surface area contributed by atoms with Crippen molar-refractivity contribution in [1.82, 2.24) is 15.0 Å². The van der Waals surface area contributed by atoms with Crippen molar-refractivity contribution < 1.29 is 27.1 Å². The van der Waals surface area contributed by atoms with Crippen LogP contribution in [0.25, 0.3) is 11.4 Å². The number of carbonyl (C=O) groups is 1. The molecule has 0 saturated carbocycles. The predicted molar refractivity (Wildman–Crippen MR) is 117 cm³/mol. The van der Waals surface area contributed by atoms with E-state index < -0.39 is 28.6 Å². The number of pyridine rings is 1. The maximum absolute atomic E-state index is 14.5. The van der Waals surface area contributed by atoms with Crippen LogP contribution in [-0.4, -0.2) is 21.0 Å². The van der Waals surface area contributed by atoms with Crippen LogP contribution in [0.2, 0.25) is 5.02 Å². The third-order valence-electron chi connectivity index (χ3n) is 4.46. The molecule has 2 heterocycles. The molecule has 0 bridgehead atoms. The van der Waals surface area contributed by atoms with Crippen LogP contribution in [0, 0.1) is 5.82 Å². The molecule has 0 aliphatic heterocycles. The van der Waals surface area contributed by atoms with Crippen LogP contribution in [0.4, 0.5) is 33.7 Å². The summed E-state index contributed by atoms with van der Waals surface area (Å²) < 4.78 is 59.1. The first-order chi connectivity index (χ1) is 16.2. The number of nitrogens with one attached hydrogen (secondary N) is 3. The average Bonchev–Trinajstić information content (AvgIpc) is 3.31. The molecule has 0 radical (unpaired) electrons. The number of alkyl halides is 3. The fourth-order valence-electron chi connectivity index (χ4n) is 2.92. The molecule has 0 aliphatic carbocycles. The Hall–Kier alpha value is -4.12. The summed E-state index contributed by atoms with van der Waals surface area (Å²) in [4.78, 5) is 23.2. The second-order valence-electron chi connectivity index (χ2n) is 6.86. The highest BCUT2D eigenvalue weighted by atomic mass is 35.5. The van der Waals surface area contributed by atoms with Gasteiger partial charge in [-0.3, -0.25) is 4.98 Å². The SMILES string of the molecule is O=C(Nc1ccc(Cl)c(C(F)(F)F)c1)Nc1ccc(Oc2ccnc(-c3cnc[nH]3)c2)cc1F. The van der Waals surface area contributed by atoms with Crippen LogP contribution in [0.5, 0.6) is 11.5 Å². The summed E-state index contributed by atoms with van der Waals surface area (Å²) in [5, 5.41) is 3.94. The number of aromatic nitrogens is 3. The molecule has 0 spiro atoms. The molecule has 12 heteroatoms. The van der Waals surface area contributed by atoms with Gasteiger partial charge in [0.2, 0.25) is 0 Å². The molecule has 0 aliphatic rings. The molecule has 0 saturated heterocycles. The van der Waals surface area contributed by atoms with Gasteiger partial charge in [0.15, 0.2) is 0 Å². The summed E-state index contributed by atoms with van der Waals surface area (Å²) in [5.74, 6) is -0.277. The van der Waals surface area contributed by atoms with E-state index in [0.717, 1.165) is 12.1 Å². The lowest BCUT2D eigenvalue weighted by atomic mass is 10.2. The topological polar surface area (TPSA) is 91.9 Å². The van der Waals surface area contributed by atoms with Crippen LogP contribution in [0.1, 0.15) is 5.56 Å². The molecule has 0 atom stereocenters. The molecule has 4 rings (SSSR count). The van der Waals surface area contributed by atoms with E-state index in [0.29, 0.717) is 23.2 Å². The van der Waals surface area contributed by atoms with E-state index in [9.17, 15) is 22.4 Å². The zero-order chi connectivity index (χ0) is 24.3. The Kier molecular flexibility index (Phi) is 6.37. The number of urea groups is 1. The van der Waals surface area contributed by atoms with Gasteiger partial charge in [0.1, 0.15) is 17.3 Å². The van der Waals surface area contributed by atoms with Gasteiger partial charge >= 0.3 is 12.2 Å². The summed E-state index contributed by atoms with van der Waals surface area (Å²) in [6.45, 7) is 0. The van der Waals surface area contributed by atoms with E-state index in [-0.39, 0.29) is 17.1 Å². The van der Waals surface area contributed by atoms with Crippen LogP contribution >= 0.6 is 11.6 Å². The molecule has 3 N–H and O–H groups in total. The highest BCUT2D eigenvalue weighted by Gasteiger charge is 2.33. The van der Waals surface area contributed by atoms with Crippen molar-refractivity contribution in [2.24, 2.45) is 0 Å². The molecule has 34 heavy (non-hydrogen) atoms. The highest BCUT2D eigenvalue weighted by molar-refractivity contribution is 6.31. The second kappa shape index (κ2) is 9.40. The van der Waals surface area contributed by atoms with Crippen LogP contribution in [0.15, 0.2) is 67.3 Å². The van der Waals surface area contributed by atoms with Crippen molar-refractivity contribution in [1.29, 1.82) is 0 Å². The number of halogens is 5. The molecule has 0 unspecified atom stereocenters. The number of hydrogen-bond acceptors (Lipinski definition) is 4. The van der Waals surface area contributed by atoms with Gasteiger partial charge in [-0.25, -0.2) is 14.2 Å². The second-order valence-corrected chi connectivity index (χ2v) is 7.26. The Labute approximate surface area is 194 Å². The molecule has 174 valence electrons. The molecular weight excluding hydrogens is 478 g/mol. The Morgan fingerprint density at radius 2 is 1.82 bits per heavy atom. The van der Waals surface area contributed by atoms with Gasteiger partial charge < -0.3 is 20.4 Å². The fraction of sp³-hybridized carbons (Fsp3) is 0.0455. The third-order valence-corrected chi connectivity index (χ3v) is 4.79. The quantitative estimate of drug-likeness (QED) is 0.270. The molecule has 2 amide bonds. The maximum Gasteiger partial charge on any atom is 0.417 e. The number of nitrogens with zero attached hydrogens (tertiary/aromatic N) is 2. The Morgan fingerprint density at radius 1 is 1.03 bits per heavy atom. The summed E-state index contributed by atoms with van der Waals surface area (Å²) >= 11 is 5.56.